The molecule has 3 nitrogen and oxygen atoms in total. The van der Waals surface area contributed by atoms with Crippen molar-refractivity contribution in [2.75, 3.05) is 5.32 Å². The van der Waals surface area contributed by atoms with E-state index in [4.69, 9.17) is 16.6 Å². The van der Waals surface area contributed by atoms with Crippen LogP contribution in [0.25, 0.3) is 16.9 Å². The van der Waals surface area contributed by atoms with Crippen molar-refractivity contribution in [3.63, 3.8) is 0 Å². The maximum atomic E-state index is 6.37. The highest BCUT2D eigenvalue weighted by Gasteiger charge is 2.20. The predicted octanol–water partition coefficient (Wildman–Crippen LogP) is 5.63. The van der Waals surface area contributed by atoms with Crippen molar-refractivity contribution >= 4 is 39.0 Å². The van der Waals surface area contributed by atoms with Crippen LogP contribution < -0.4 is 5.32 Å². The van der Waals surface area contributed by atoms with Crippen molar-refractivity contribution in [3.05, 3.63) is 52.1 Å². The van der Waals surface area contributed by atoms with E-state index in [1.165, 1.54) is 0 Å². The molecule has 1 N–H and O–H groups in total. The van der Waals surface area contributed by atoms with E-state index in [0.29, 0.717) is 5.02 Å². The first-order valence-electron chi connectivity index (χ1n) is 7.06. The molecule has 0 saturated heterocycles. The second-order valence-electron chi connectivity index (χ2n) is 6.24. The number of pyridine rings is 1. The average Bonchev–Trinajstić information content (AvgIpc) is 2.76. The Morgan fingerprint density at radius 2 is 1.86 bits per heavy atom. The summed E-state index contributed by atoms with van der Waals surface area (Å²) in [7, 11) is 0. The molecule has 0 fully saturated rings. The van der Waals surface area contributed by atoms with Crippen LogP contribution >= 0.6 is 27.5 Å². The van der Waals surface area contributed by atoms with Crippen molar-refractivity contribution in [2.45, 2.75) is 26.3 Å². The summed E-state index contributed by atoms with van der Waals surface area (Å²) < 4.78 is 3.05. The van der Waals surface area contributed by atoms with E-state index in [-0.39, 0.29) is 5.54 Å². The van der Waals surface area contributed by atoms with Gasteiger partial charge in [-0.15, -0.1) is 0 Å². The van der Waals surface area contributed by atoms with Crippen LogP contribution in [-0.2, 0) is 0 Å². The van der Waals surface area contributed by atoms with Crippen LogP contribution in [0.15, 0.2) is 47.1 Å². The maximum Gasteiger partial charge on any atom is 0.139 e. The monoisotopic (exact) mass is 377 g/mol. The zero-order chi connectivity index (χ0) is 15.9. The molecule has 0 aliphatic carbocycles. The van der Waals surface area contributed by atoms with Crippen LogP contribution in [0.3, 0.4) is 0 Å². The number of nitrogens with zero attached hydrogens (tertiary/aromatic N) is 2. The van der Waals surface area contributed by atoms with Gasteiger partial charge in [-0.3, -0.25) is 4.40 Å². The van der Waals surface area contributed by atoms with Gasteiger partial charge in [0.1, 0.15) is 17.2 Å². The number of hydrogen-bond acceptors (Lipinski definition) is 2. The smallest absolute Gasteiger partial charge is 0.139 e. The van der Waals surface area contributed by atoms with Gasteiger partial charge in [-0.2, -0.15) is 0 Å². The summed E-state index contributed by atoms with van der Waals surface area (Å²) in [6.07, 6.45) is 2.01. The van der Waals surface area contributed by atoms with Gasteiger partial charge in [0, 0.05) is 21.8 Å². The molecule has 22 heavy (non-hydrogen) atoms. The summed E-state index contributed by atoms with van der Waals surface area (Å²) in [5, 5.41) is 4.24. The first-order valence-corrected chi connectivity index (χ1v) is 8.23. The van der Waals surface area contributed by atoms with Crippen LogP contribution in [0.5, 0.6) is 0 Å². The predicted molar refractivity (Wildman–Crippen MR) is 96.7 cm³/mol. The second kappa shape index (κ2) is 5.60. The van der Waals surface area contributed by atoms with Crippen molar-refractivity contribution in [1.29, 1.82) is 0 Å². The highest BCUT2D eigenvalue weighted by atomic mass is 79.9. The van der Waals surface area contributed by atoms with Gasteiger partial charge in [-0.1, -0.05) is 29.8 Å². The van der Waals surface area contributed by atoms with E-state index in [9.17, 15) is 0 Å². The summed E-state index contributed by atoms with van der Waals surface area (Å²) in [6, 6.07) is 11.7. The number of aromatic nitrogens is 2. The molecule has 0 atom stereocenters. The first-order chi connectivity index (χ1) is 10.3. The molecule has 0 amide bonds. The molecule has 2 heterocycles. The fourth-order valence-electron chi connectivity index (χ4n) is 2.33. The molecule has 3 rings (SSSR count). The van der Waals surface area contributed by atoms with Gasteiger partial charge in [0.25, 0.3) is 0 Å². The first kappa shape index (κ1) is 15.4. The number of nitrogens with one attached hydrogen (secondary N) is 1. The lowest BCUT2D eigenvalue weighted by atomic mass is 10.1. The van der Waals surface area contributed by atoms with Crippen molar-refractivity contribution in [2.24, 2.45) is 0 Å². The van der Waals surface area contributed by atoms with Crippen molar-refractivity contribution in [1.82, 2.24) is 9.38 Å². The number of anilines is 1. The molecule has 3 aromatic rings. The molecule has 0 aliphatic rings. The highest BCUT2D eigenvalue weighted by molar-refractivity contribution is 9.10. The molecule has 1 aromatic carbocycles. The minimum atomic E-state index is -0.0890. The lowest BCUT2D eigenvalue weighted by molar-refractivity contribution is 0.629. The van der Waals surface area contributed by atoms with Crippen LogP contribution in [0.4, 0.5) is 5.82 Å². The van der Waals surface area contributed by atoms with Crippen molar-refractivity contribution < 1.29 is 0 Å². The fraction of sp³-hybridized carbons (Fsp3) is 0.235. The Balaban J connectivity index is 2.29. The minimum Gasteiger partial charge on any atom is -0.365 e. The zero-order valence-corrected chi connectivity index (χ0v) is 15.0. The molecule has 5 heteroatoms. The fourth-order valence-corrected chi connectivity index (χ4v) is 2.90. The minimum absolute atomic E-state index is 0.0890. The van der Waals surface area contributed by atoms with Crippen LogP contribution in [0.1, 0.15) is 20.8 Å². The van der Waals surface area contributed by atoms with Crippen LogP contribution in [0, 0.1) is 0 Å². The zero-order valence-electron chi connectivity index (χ0n) is 12.7. The quantitative estimate of drug-likeness (QED) is 0.626. The number of imidazole rings is 1. The summed E-state index contributed by atoms with van der Waals surface area (Å²) in [4.78, 5) is 4.76. The number of hydrogen-bond donors (Lipinski definition) is 1. The average molecular weight is 379 g/mol. The third-order valence-corrected chi connectivity index (χ3v) is 4.00. The summed E-state index contributed by atoms with van der Waals surface area (Å²) in [6.45, 7) is 6.38. The number of fused-ring (bicyclic) bond motifs is 1. The molecule has 0 unspecified atom stereocenters. The lowest BCUT2D eigenvalue weighted by Crippen LogP contribution is -2.27. The second-order valence-corrected chi connectivity index (χ2v) is 7.56. The summed E-state index contributed by atoms with van der Waals surface area (Å²) in [5.41, 5.74) is 2.58. The standard InChI is InChI=1S/C17H17BrClN3/c1-17(2,3)21-16-15(12-6-4-5-7-13(12)19)20-14-9-8-11(18)10-22(14)16/h4-10,21H,1-3H3. The van der Waals surface area contributed by atoms with Crippen molar-refractivity contribution in [3.8, 4) is 11.3 Å². The SMILES string of the molecule is CC(C)(C)Nc1c(-c2ccccc2Cl)nc2ccc(Br)cn12. The number of rotatable bonds is 2. The molecule has 0 aliphatic heterocycles. The largest absolute Gasteiger partial charge is 0.365 e. The Bertz CT molecular complexity index is 834. The van der Waals surface area contributed by atoms with Gasteiger partial charge >= 0.3 is 0 Å². The third kappa shape index (κ3) is 2.99. The lowest BCUT2D eigenvalue weighted by Gasteiger charge is -2.22. The third-order valence-electron chi connectivity index (χ3n) is 3.20. The Morgan fingerprint density at radius 3 is 2.55 bits per heavy atom. The molecule has 0 radical (unpaired) electrons. The van der Waals surface area contributed by atoms with Gasteiger partial charge in [0.2, 0.25) is 0 Å². The summed E-state index contributed by atoms with van der Waals surface area (Å²) in [5.74, 6) is 0.942. The number of benzene rings is 1. The topological polar surface area (TPSA) is 29.3 Å². The molecule has 114 valence electrons. The van der Waals surface area contributed by atoms with E-state index in [1.54, 1.807) is 0 Å². The Labute approximate surface area is 143 Å². The Kier molecular flexibility index (Phi) is 3.91. The highest BCUT2D eigenvalue weighted by Crippen LogP contribution is 2.35. The Morgan fingerprint density at radius 1 is 1.14 bits per heavy atom. The van der Waals surface area contributed by atoms with Gasteiger partial charge in [-0.05, 0) is 54.9 Å². The van der Waals surface area contributed by atoms with E-state index < -0.39 is 0 Å². The molecular weight excluding hydrogens is 362 g/mol. The summed E-state index contributed by atoms with van der Waals surface area (Å²) >= 11 is 9.90. The maximum absolute atomic E-state index is 6.37. The van der Waals surface area contributed by atoms with E-state index in [1.807, 2.05) is 47.0 Å². The molecular formula is C17H17BrClN3. The van der Waals surface area contributed by atoms with E-state index >= 15 is 0 Å². The van der Waals surface area contributed by atoms with Gasteiger partial charge in [0.15, 0.2) is 0 Å². The van der Waals surface area contributed by atoms with Gasteiger partial charge < -0.3 is 5.32 Å². The molecule has 0 saturated carbocycles. The van der Waals surface area contributed by atoms with Gasteiger partial charge in [0.05, 0.1) is 5.02 Å². The van der Waals surface area contributed by atoms with Gasteiger partial charge in [-0.25, -0.2) is 4.98 Å². The molecule has 2 aromatic heterocycles. The Hall–Kier alpha value is -1.52. The molecule has 0 bridgehead atoms. The van der Waals surface area contributed by atoms with E-state index in [2.05, 4.69) is 42.0 Å². The number of halogens is 2. The van der Waals surface area contributed by atoms with Crippen LogP contribution in [0.2, 0.25) is 5.02 Å². The molecule has 0 spiro atoms. The normalized spacial score (nSPS) is 11.9. The van der Waals surface area contributed by atoms with Crippen LogP contribution in [-0.4, -0.2) is 14.9 Å². The van der Waals surface area contributed by atoms with E-state index in [0.717, 1.165) is 27.2 Å².